The van der Waals surface area contributed by atoms with E-state index in [9.17, 15) is 0 Å². The second-order valence-corrected chi connectivity index (χ2v) is 7.21. The summed E-state index contributed by atoms with van der Waals surface area (Å²) in [6, 6.07) is 2.06. The minimum atomic E-state index is 0.643. The molecule has 2 aliphatic rings. The van der Waals surface area contributed by atoms with Gasteiger partial charge in [0.1, 0.15) is 0 Å². The lowest BCUT2D eigenvalue weighted by Gasteiger charge is -2.09. The standard InChI is InChI=1S/C23H29N3/c1-5-18-13-21-20(8-10-25-23(21)14-18)22(6-2)26-17(4)11-16(3)12-19-7-9-24-15-19/h6,8,10-12,14,19,24H,2,5,7,9,13,15H2,1,3-4H3/b16-12+,17-11-,26-22+. The molecule has 3 heteroatoms. The van der Waals surface area contributed by atoms with Crippen molar-refractivity contribution in [2.24, 2.45) is 10.9 Å². The fraction of sp³-hybridized carbons (Fsp3) is 0.391. The van der Waals surface area contributed by atoms with Crippen molar-refractivity contribution in [2.45, 2.75) is 40.0 Å². The highest BCUT2D eigenvalue weighted by Gasteiger charge is 2.18. The zero-order valence-corrected chi connectivity index (χ0v) is 16.2. The molecule has 1 unspecified atom stereocenters. The maximum atomic E-state index is 4.86. The van der Waals surface area contributed by atoms with Crippen LogP contribution >= 0.6 is 0 Å². The molecule has 136 valence electrons. The van der Waals surface area contributed by atoms with Crippen molar-refractivity contribution in [1.29, 1.82) is 0 Å². The van der Waals surface area contributed by atoms with Gasteiger partial charge in [-0.15, -0.1) is 0 Å². The Labute approximate surface area is 157 Å². The topological polar surface area (TPSA) is 37.3 Å². The van der Waals surface area contributed by atoms with Gasteiger partial charge in [0.15, 0.2) is 0 Å². The van der Waals surface area contributed by atoms with Gasteiger partial charge in [-0.25, -0.2) is 0 Å². The van der Waals surface area contributed by atoms with Crippen molar-refractivity contribution in [2.75, 3.05) is 13.1 Å². The van der Waals surface area contributed by atoms with E-state index in [1.54, 1.807) is 0 Å². The van der Waals surface area contributed by atoms with Crippen LogP contribution in [0.25, 0.3) is 6.08 Å². The van der Waals surface area contributed by atoms with Crippen molar-refractivity contribution < 1.29 is 0 Å². The highest BCUT2D eigenvalue weighted by Crippen LogP contribution is 2.28. The van der Waals surface area contributed by atoms with Crippen LogP contribution in [0.2, 0.25) is 0 Å². The first-order chi connectivity index (χ1) is 12.6. The number of hydrogen-bond donors (Lipinski definition) is 1. The van der Waals surface area contributed by atoms with Gasteiger partial charge in [0, 0.05) is 24.0 Å². The summed E-state index contributed by atoms with van der Waals surface area (Å²) in [6.45, 7) is 12.6. The lowest BCUT2D eigenvalue weighted by atomic mass is 10.0. The smallest absolute Gasteiger partial charge is 0.0703 e. The summed E-state index contributed by atoms with van der Waals surface area (Å²) in [5, 5.41) is 3.41. The van der Waals surface area contributed by atoms with Gasteiger partial charge in [-0.2, -0.15) is 0 Å². The number of aliphatic imine (C=N–C) groups is 1. The van der Waals surface area contributed by atoms with Gasteiger partial charge < -0.3 is 5.32 Å². The van der Waals surface area contributed by atoms with E-state index < -0.39 is 0 Å². The molecule has 0 aromatic carbocycles. The van der Waals surface area contributed by atoms with Crippen molar-refractivity contribution in [3.63, 3.8) is 0 Å². The second-order valence-electron chi connectivity index (χ2n) is 7.21. The maximum Gasteiger partial charge on any atom is 0.0703 e. The summed E-state index contributed by atoms with van der Waals surface area (Å²) in [4.78, 5) is 9.38. The molecular formula is C23H29N3. The molecule has 3 nitrogen and oxygen atoms in total. The summed E-state index contributed by atoms with van der Waals surface area (Å²) in [5.74, 6) is 0.643. The van der Waals surface area contributed by atoms with E-state index in [0.29, 0.717) is 5.92 Å². The maximum absolute atomic E-state index is 4.86. The van der Waals surface area contributed by atoms with Crippen LogP contribution in [0.15, 0.2) is 58.9 Å². The van der Waals surface area contributed by atoms with Crippen molar-refractivity contribution in [1.82, 2.24) is 10.3 Å². The molecular weight excluding hydrogens is 318 g/mol. The van der Waals surface area contributed by atoms with Crippen LogP contribution in [0.3, 0.4) is 0 Å². The van der Waals surface area contributed by atoms with Gasteiger partial charge in [0.05, 0.1) is 11.4 Å². The molecule has 26 heavy (non-hydrogen) atoms. The number of rotatable bonds is 6. The van der Waals surface area contributed by atoms with E-state index in [2.05, 4.69) is 61.9 Å². The van der Waals surface area contributed by atoms with Gasteiger partial charge in [-0.1, -0.05) is 30.7 Å². The van der Waals surface area contributed by atoms with Crippen LogP contribution < -0.4 is 5.32 Å². The van der Waals surface area contributed by atoms with Gasteiger partial charge in [0.2, 0.25) is 0 Å². The summed E-state index contributed by atoms with van der Waals surface area (Å²) in [5.41, 5.74) is 8.16. The van der Waals surface area contributed by atoms with E-state index in [1.165, 1.54) is 23.1 Å². The summed E-state index contributed by atoms with van der Waals surface area (Å²) in [7, 11) is 0. The number of allylic oxidation sites excluding steroid dienone is 5. The molecule has 1 fully saturated rings. The quantitative estimate of drug-likeness (QED) is 0.589. The molecule has 0 spiro atoms. The summed E-state index contributed by atoms with van der Waals surface area (Å²) in [6.07, 6.45) is 13.7. The predicted molar refractivity (Wildman–Crippen MR) is 111 cm³/mol. The Morgan fingerprint density at radius 2 is 2.27 bits per heavy atom. The summed E-state index contributed by atoms with van der Waals surface area (Å²) < 4.78 is 0. The first-order valence-electron chi connectivity index (χ1n) is 9.57. The summed E-state index contributed by atoms with van der Waals surface area (Å²) >= 11 is 0. The van der Waals surface area contributed by atoms with E-state index in [4.69, 9.17) is 4.99 Å². The van der Waals surface area contributed by atoms with Gasteiger partial charge in [-0.05, 0) is 75.4 Å². The third-order valence-corrected chi connectivity index (χ3v) is 5.09. The molecule has 1 aromatic rings. The number of fused-ring (bicyclic) bond motifs is 1. The zero-order valence-electron chi connectivity index (χ0n) is 16.2. The molecule has 3 rings (SSSR count). The van der Waals surface area contributed by atoms with Crippen LogP contribution in [-0.4, -0.2) is 23.8 Å². The predicted octanol–water partition coefficient (Wildman–Crippen LogP) is 4.87. The minimum Gasteiger partial charge on any atom is -0.316 e. The molecule has 1 aliphatic carbocycles. The first kappa shape index (κ1) is 18.5. The number of nitrogens with one attached hydrogen (secondary N) is 1. The highest BCUT2D eigenvalue weighted by atomic mass is 14.9. The third-order valence-electron chi connectivity index (χ3n) is 5.09. The number of hydrogen-bond acceptors (Lipinski definition) is 3. The van der Waals surface area contributed by atoms with E-state index in [0.717, 1.165) is 48.6 Å². The molecule has 1 aromatic heterocycles. The molecule has 1 atom stereocenters. The lowest BCUT2D eigenvalue weighted by Crippen LogP contribution is -2.07. The monoisotopic (exact) mass is 347 g/mol. The molecule has 2 heterocycles. The molecule has 1 N–H and O–H groups in total. The Balaban J connectivity index is 1.85. The third kappa shape index (κ3) is 4.28. The van der Waals surface area contributed by atoms with Crippen LogP contribution in [0.4, 0.5) is 0 Å². The Morgan fingerprint density at radius 1 is 1.42 bits per heavy atom. The lowest BCUT2D eigenvalue weighted by molar-refractivity contribution is 0.724. The van der Waals surface area contributed by atoms with Crippen LogP contribution in [0.1, 0.15) is 50.4 Å². The van der Waals surface area contributed by atoms with Crippen LogP contribution in [-0.2, 0) is 6.42 Å². The van der Waals surface area contributed by atoms with Crippen molar-refractivity contribution >= 4 is 11.8 Å². The molecule has 0 amide bonds. The Morgan fingerprint density at radius 3 is 2.96 bits per heavy atom. The molecule has 0 saturated carbocycles. The number of pyridine rings is 1. The molecule has 1 aliphatic heterocycles. The average Bonchev–Trinajstić information content (AvgIpc) is 3.28. The van der Waals surface area contributed by atoms with Crippen LogP contribution in [0, 0.1) is 5.92 Å². The largest absolute Gasteiger partial charge is 0.316 e. The Bertz CT molecular complexity index is 803. The van der Waals surface area contributed by atoms with Crippen molar-refractivity contribution in [3.05, 3.63) is 70.7 Å². The number of aromatic nitrogens is 1. The molecule has 1 saturated heterocycles. The average molecular weight is 348 g/mol. The van der Waals surface area contributed by atoms with Gasteiger partial charge in [-0.3, -0.25) is 9.98 Å². The van der Waals surface area contributed by atoms with E-state index in [1.807, 2.05) is 12.3 Å². The van der Waals surface area contributed by atoms with Crippen molar-refractivity contribution in [3.8, 4) is 0 Å². The van der Waals surface area contributed by atoms with Gasteiger partial charge >= 0.3 is 0 Å². The SMILES string of the molecule is C=C\C(=N/C(C)=C\C(C)=C\C1CCNC1)c1ccnc2c1CC(CC)=C2. The zero-order chi connectivity index (χ0) is 18.5. The van der Waals surface area contributed by atoms with Crippen LogP contribution in [0.5, 0.6) is 0 Å². The highest BCUT2D eigenvalue weighted by molar-refractivity contribution is 6.10. The van der Waals surface area contributed by atoms with E-state index in [-0.39, 0.29) is 0 Å². The Kier molecular flexibility index (Phi) is 6.00. The van der Waals surface area contributed by atoms with E-state index >= 15 is 0 Å². The normalized spacial score (nSPS) is 21.0. The molecule has 0 bridgehead atoms. The first-order valence-corrected chi connectivity index (χ1v) is 9.57. The minimum absolute atomic E-state index is 0.643. The fourth-order valence-corrected chi connectivity index (χ4v) is 3.76. The van der Waals surface area contributed by atoms with Gasteiger partial charge in [0.25, 0.3) is 0 Å². The Hall–Kier alpha value is -2.26. The second kappa shape index (κ2) is 8.41. The molecule has 0 radical (unpaired) electrons. The fourth-order valence-electron chi connectivity index (χ4n) is 3.76. The number of nitrogens with zero attached hydrogens (tertiary/aromatic N) is 2.